The van der Waals surface area contributed by atoms with E-state index in [9.17, 15) is 0 Å². The van der Waals surface area contributed by atoms with Crippen LogP contribution in [0.1, 0.15) is 94.5 Å². The molecule has 0 fully saturated rings. The molecule has 4 aliphatic rings. The van der Waals surface area contributed by atoms with Crippen LogP contribution in [-0.4, -0.2) is 0 Å². The first-order chi connectivity index (χ1) is 57.0. The predicted molar refractivity (Wildman–Crippen MR) is 487 cm³/mol. The predicted octanol–water partition coefficient (Wildman–Crippen LogP) is 30.2. The van der Waals surface area contributed by atoms with Crippen LogP contribution in [0, 0.1) is 0 Å². The summed E-state index contributed by atoms with van der Waals surface area (Å²) in [5.41, 5.74) is 32.3. The number of fused-ring (bicyclic) bond motifs is 20. The fourth-order valence-electron chi connectivity index (χ4n) is 20.5. The maximum absolute atomic E-state index is 2.53. The zero-order chi connectivity index (χ0) is 77.4. The Kier molecular flexibility index (Phi) is 16.3. The van der Waals surface area contributed by atoms with E-state index in [2.05, 4.69) is 450 Å². The molecule has 2 aliphatic heterocycles. The van der Waals surface area contributed by atoms with Crippen LogP contribution in [0.4, 0.5) is 34.1 Å². The average Bonchev–Trinajstić information content (AvgIpc) is 0.672. The van der Waals surface area contributed by atoms with Crippen LogP contribution in [-0.2, 0) is 21.7 Å². The van der Waals surface area contributed by atoms with Crippen LogP contribution >= 0.6 is 23.5 Å². The maximum atomic E-state index is 2.53. The highest BCUT2D eigenvalue weighted by atomic mass is 32.2. The summed E-state index contributed by atoms with van der Waals surface area (Å²) < 4.78 is 0. The monoisotopic (exact) mass is 1520 g/mol. The molecule has 22 rings (SSSR count). The number of benzene rings is 18. The zero-order valence-electron chi connectivity index (χ0n) is 65.0. The summed E-state index contributed by atoms with van der Waals surface area (Å²) in [6.45, 7) is 9.81. The van der Waals surface area contributed by atoms with Gasteiger partial charge in [-0.05, 0) is 217 Å². The van der Waals surface area contributed by atoms with Gasteiger partial charge in [0.15, 0.2) is 0 Å². The Morgan fingerprint density at radius 3 is 1.08 bits per heavy atom. The van der Waals surface area contributed by atoms with Crippen molar-refractivity contribution in [3.63, 3.8) is 0 Å². The lowest BCUT2D eigenvalue weighted by Gasteiger charge is -2.51. The molecule has 18 aromatic carbocycles. The second kappa shape index (κ2) is 27.2. The molecule has 2 atom stereocenters. The Labute approximate surface area is 687 Å². The lowest BCUT2D eigenvalue weighted by Crippen LogP contribution is -2.43. The third-order valence-corrected chi connectivity index (χ3v) is 28.1. The van der Waals surface area contributed by atoms with E-state index in [1.807, 2.05) is 23.5 Å². The second-order valence-electron chi connectivity index (χ2n) is 32.5. The molecule has 2 nitrogen and oxygen atoms in total. The standard InChI is InChI=1S/C112H80N2S2/c1-109(2)90-40-17-19-42-92(90)111(96-69-61-79-35-14-15-39-88(79)105(96)109)94-44-21-24-51-103(94)115-107-98(111)46-27-49-101(107)113(84-63-55-75(56-64-84)73-29-8-5-9-30-73)85-65-59-77(60-66-85)81-36-26-37-82(71-81)83-54-53-80-62-70-97-106(89(80)72-83)110(3,4)91-41-18-20-43-93(91)112(97)95-45-22-25-52-104(95)116-108-99(112)47-28-50-102(108)114(86-67-57-76(58-68-86)74-31-10-6-11-32-74)100-48-23-16-38-87(100)78-33-12-7-13-34-78/h5-72H,1-4H3. The largest absolute Gasteiger partial charge is 0.309 e. The van der Waals surface area contributed by atoms with E-state index in [4.69, 9.17) is 0 Å². The highest BCUT2D eigenvalue weighted by Crippen LogP contribution is 2.67. The topological polar surface area (TPSA) is 6.48 Å². The van der Waals surface area contributed by atoms with E-state index in [0.717, 1.165) is 50.8 Å². The molecule has 2 spiro atoms. The van der Waals surface area contributed by atoms with Gasteiger partial charge in [-0.15, -0.1) is 0 Å². The lowest BCUT2D eigenvalue weighted by molar-refractivity contribution is 0.554. The van der Waals surface area contributed by atoms with Crippen LogP contribution < -0.4 is 9.80 Å². The number of hydrogen-bond donors (Lipinski definition) is 0. The first-order valence-electron chi connectivity index (χ1n) is 40.4. The lowest BCUT2D eigenvalue weighted by atomic mass is 9.53. The van der Waals surface area contributed by atoms with E-state index in [0.29, 0.717) is 0 Å². The molecule has 116 heavy (non-hydrogen) atoms. The number of hydrogen-bond acceptors (Lipinski definition) is 4. The van der Waals surface area contributed by atoms with Gasteiger partial charge in [0.1, 0.15) is 0 Å². The summed E-state index contributed by atoms with van der Waals surface area (Å²) in [4.78, 5) is 10.0. The second-order valence-corrected chi connectivity index (χ2v) is 34.6. The molecule has 550 valence electrons. The van der Waals surface area contributed by atoms with Gasteiger partial charge in [-0.1, -0.05) is 385 Å². The van der Waals surface area contributed by atoms with Crippen LogP contribution in [0.25, 0.3) is 77.2 Å². The van der Waals surface area contributed by atoms with Crippen molar-refractivity contribution in [3.8, 4) is 55.6 Å². The van der Waals surface area contributed by atoms with Crippen LogP contribution in [0.2, 0.25) is 0 Å². The maximum Gasteiger partial charge on any atom is 0.0730 e. The minimum absolute atomic E-state index is 0.281. The van der Waals surface area contributed by atoms with Gasteiger partial charge in [0, 0.05) is 53.0 Å². The summed E-state index contributed by atoms with van der Waals surface area (Å²) in [5.74, 6) is 0. The van der Waals surface area contributed by atoms with Gasteiger partial charge in [0.2, 0.25) is 0 Å². The summed E-state index contributed by atoms with van der Waals surface area (Å²) >= 11 is 3.81. The van der Waals surface area contributed by atoms with Crippen molar-refractivity contribution in [1.82, 2.24) is 0 Å². The van der Waals surface area contributed by atoms with E-state index < -0.39 is 16.2 Å². The van der Waals surface area contributed by atoms with E-state index in [-0.39, 0.29) is 5.41 Å². The van der Waals surface area contributed by atoms with Crippen molar-refractivity contribution in [2.75, 3.05) is 9.80 Å². The summed E-state index contributed by atoms with van der Waals surface area (Å²) in [5, 5.41) is 5.06. The van der Waals surface area contributed by atoms with Gasteiger partial charge in [0.05, 0.1) is 27.9 Å². The molecule has 0 saturated carbocycles. The van der Waals surface area contributed by atoms with Crippen LogP contribution in [0.3, 0.4) is 0 Å². The van der Waals surface area contributed by atoms with Crippen molar-refractivity contribution < 1.29 is 0 Å². The molecular formula is C112H80N2S2. The fraction of sp³-hybridized carbons (Fsp3) is 0.0714. The Bertz CT molecular complexity index is 6950. The molecule has 0 saturated heterocycles. The van der Waals surface area contributed by atoms with E-state index in [1.54, 1.807) is 0 Å². The van der Waals surface area contributed by atoms with E-state index >= 15 is 0 Å². The number of para-hydroxylation sites is 1. The average molecular weight is 1520 g/mol. The van der Waals surface area contributed by atoms with Crippen molar-refractivity contribution >= 4 is 79.2 Å². The Morgan fingerprint density at radius 1 is 0.207 bits per heavy atom. The summed E-state index contributed by atoms with van der Waals surface area (Å²) in [7, 11) is 0. The molecule has 4 heteroatoms. The SMILES string of the molecule is CC1(C)c2ccccc2C2(c3ccccc3Sc3c(N(c4ccc(-c5ccccc5)cc4)c4ccc(-c5cccc(-c6ccc7ccc8c(c7c6)C(C)(C)c6ccccc6C86c7ccccc7Sc7c(N(c8ccc(-c9ccccc9)cc8)c8ccccc8-c8ccccc8)cccc76)c5)cc4)cccc32)c2ccc3ccccc3c21. The molecule has 0 aromatic heterocycles. The first kappa shape index (κ1) is 69.5. The quantitative estimate of drug-likeness (QED) is 0.127. The Balaban J connectivity index is 0.680. The number of nitrogens with zero attached hydrogens (tertiary/aromatic N) is 2. The fourth-order valence-corrected chi connectivity index (χ4v) is 23.1. The summed E-state index contributed by atoms with van der Waals surface area (Å²) in [6.07, 6.45) is 0. The number of rotatable bonds is 11. The van der Waals surface area contributed by atoms with E-state index in [1.165, 1.54) is 147 Å². The van der Waals surface area contributed by atoms with Gasteiger partial charge >= 0.3 is 0 Å². The highest BCUT2D eigenvalue weighted by Gasteiger charge is 2.55. The van der Waals surface area contributed by atoms with Crippen molar-refractivity contribution in [2.45, 2.75) is 68.9 Å². The summed E-state index contributed by atoms with van der Waals surface area (Å²) in [6, 6.07) is 156. The first-order valence-corrected chi connectivity index (χ1v) is 42.1. The van der Waals surface area contributed by atoms with Crippen molar-refractivity contribution in [1.29, 1.82) is 0 Å². The minimum Gasteiger partial charge on any atom is -0.309 e. The Morgan fingerprint density at radius 2 is 0.543 bits per heavy atom. The van der Waals surface area contributed by atoms with Gasteiger partial charge in [-0.25, -0.2) is 0 Å². The van der Waals surface area contributed by atoms with Crippen LogP contribution in [0.5, 0.6) is 0 Å². The molecule has 18 aromatic rings. The Hall–Kier alpha value is -13.2. The van der Waals surface area contributed by atoms with Gasteiger partial charge < -0.3 is 9.80 Å². The van der Waals surface area contributed by atoms with Crippen molar-refractivity contribution in [2.24, 2.45) is 0 Å². The molecule has 2 aliphatic carbocycles. The molecule has 0 N–H and O–H groups in total. The molecule has 0 radical (unpaired) electrons. The molecular weight excluding hydrogens is 1440 g/mol. The third kappa shape index (κ3) is 10.6. The molecule has 2 unspecified atom stereocenters. The van der Waals surface area contributed by atoms with Gasteiger partial charge in [0.25, 0.3) is 0 Å². The number of anilines is 6. The normalized spacial score (nSPS) is 16.1. The molecule has 0 bridgehead atoms. The third-order valence-electron chi connectivity index (χ3n) is 25.7. The smallest absolute Gasteiger partial charge is 0.0730 e. The van der Waals surface area contributed by atoms with Gasteiger partial charge in [-0.3, -0.25) is 0 Å². The minimum atomic E-state index is -0.707. The molecule has 0 amide bonds. The van der Waals surface area contributed by atoms with Crippen LogP contribution in [0.15, 0.2) is 432 Å². The zero-order valence-corrected chi connectivity index (χ0v) is 66.6. The highest BCUT2D eigenvalue weighted by molar-refractivity contribution is 8.00. The van der Waals surface area contributed by atoms with Gasteiger partial charge in [-0.2, -0.15) is 0 Å². The molecule has 2 heterocycles. The van der Waals surface area contributed by atoms with Crippen molar-refractivity contribution in [3.05, 3.63) is 479 Å².